The number of carbonyl (C=O) groups excluding carboxylic acids is 1. The first-order valence-corrected chi connectivity index (χ1v) is 9.62. The number of carbonyl (C=O) groups is 1. The number of ether oxygens (including phenoxy) is 1. The van der Waals surface area contributed by atoms with Gasteiger partial charge in [-0.1, -0.05) is 48.5 Å². The number of benzene rings is 2. The van der Waals surface area contributed by atoms with E-state index in [0.29, 0.717) is 18.8 Å². The van der Waals surface area contributed by atoms with Crippen LogP contribution in [0.2, 0.25) is 0 Å². The minimum Gasteiger partial charge on any atom is -0.491 e. The van der Waals surface area contributed by atoms with Gasteiger partial charge in [0, 0.05) is 12.7 Å². The normalized spacial score (nSPS) is 20.6. The molecule has 2 unspecified atom stereocenters. The molecular weight excluding hydrogens is 352 g/mol. The molecule has 1 aromatic heterocycles. The smallest absolute Gasteiger partial charge is 0.271 e. The van der Waals surface area contributed by atoms with Gasteiger partial charge in [-0.2, -0.15) is 0 Å². The van der Waals surface area contributed by atoms with Crippen LogP contribution in [0.3, 0.4) is 0 Å². The fraction of sp³-hybridized carbons (Fsp3) is 0.273. The molecule has 0 spiro atoms. The third-order valence-corrected chi connectivity index (χ3v) is 5.39. The summed E-state index contributed by atoms with van der Waals surface area (Å²) in [6, 6.07) is 18.5. The van der Waals surface area contributed by atoms with Gasteiger partial charge >= 0.3 is 0 Å². The average molecular weight is 374 g/mol. The van der Waals surface area contributed by atoms with Crippen molar-refractivity contribution in [3.05, 3.63) is 83.4 Å². The summed E-state index contributed by atoms with van der Waals surface area (Å²) >= 11 is 0. The monoisotopic (exact) mass is 374 g/mol. The molecule has 6 heteroatoms. The van der Waals surface area contributed by atoms with Gasteiger partial charge in [-0.05, 0) is 23.6 Å². The topological polar surface area (TPSA) is 68.2 Å². The number of nitrogens with zero attached hydrogens (tertiary/aromatic N) is 2. The number of hydrogen-bond donors (Lipinski definition) is 2. The van der Waals surface area contributed by atoms with E-state index in [1.165, 1.54) is 5.56 Å². The first kappa shape index (κ1) is 17.0. The van der Waals surface area contributed by atoms with Crippen molar-refractivity contribution in [3.8, 4) is 5.75 Å². The largest absolute Gasteiger partial charge is 0.491 e. The molecule has 6 nitrogen and oxygen atoms in total. The van der Waals surface area contributed by atoms with Gasteiger partial charge < -0.3 is 19.9 Å². The first-order chi connectivity index (χ1) is 13.8. The summed E-state index contributed by atoms with van der Waals surface area (Å²) in [6.45, 7) is 1.89. The van der Waals surface area contributed by atoms with Crippen molar-refractivity contribution in [1.82, 2.24) is 20.2 Å². The molecule has 2 aromatic carbocycles. The molecular formula is C22H22N4O2. The van der Waals surface area contributed by atoms with Gasteiger partial charge in [-0.25, -0.2) is 4.98 Å². The van der Waals surface area contributed by atoms with Gasteiger partial charge in [0.05, 0.1) is 18.6 Å². The minimum atomic E-state index is -0.147. The summed E-state index contributed by atoms with van der Waals surface area (Å²) in [4.78, 5) is 17.3. The highest BCUT2D eigenvalue weighted by Crippen LogP contribution is 2.24. The van der Waals surface area contributed by atoms with E-state index in [9.17, 15) is 4.79 Å². The second-order valence-corrected chi connectivity index (χ2v) is 7.33. The molecule has 2 aliphatic rings. The molecule has 5 rings (SSSR count). The van der Waals surface area contributed by atoms with E-state index in [2.05, 4.69) is 32.3 Å². The Balaban J connectivity index is 1.27. The van der Waals surface area contributed by atoms with Crippen LogP contribution in [0.15, 0.2) is 60.8 Å². The lowest BCUT2D eigenvalue weighted by molar-refractivity contribution is 0.0910. The third kappa shape index (κ3) is 3.27. The molecule has 0 saturated heterocycles. The highest BCUT2D eigenvalue weighted by Gasteiger charge is 2.25. The Kier molecular flexibility index (Phi) is 4.33. The lowest BCUT2D eigenvalue weighted by atomic mass is 10.0. The van der Waals surface area contributed by atoms with E-state index in [1.807, 2.05) is 48.7 Å². The molecule has 142 valence electrons. The van der Waals surface area contributed by atoms with Gasteiger partial charge in [0.25, 0.3) is 5.91 Å². The minimum absolute atomic E-state index is 0.0451. The number of imidazole rings is 1. The fourth-order valence-electron chi connectivity index (χ4n) is 3.93. The van der Waals surface area contributed by atoms with Crippen LogP contribution in [-0.2, 0) is 19.5 Å². The molecule has 2 aliphatic heterocycles. The number of nitrogens with one attached hydrogen (secondary N) is 2. The molecule has 0 aliphatic carbocycles. The van der Waals surface area contributed by atoms with Gasteiger partial charge in [0.1, 0.15) is 23.9 Å². The number of para-hydroxylation sites is 1. The number of aromatic nitrogens is 2. The van der Waals surface area contributed by atoms with Gasteiger partial charge in [0.2, 0.25) is 0 Å². The maximum atomic E-state index is 12.7. The molecule has 3 aromatic rings. The fourth-order valence-corrected chi connectivity index (χ4v) is 3.93. The lowest BCUT2D eigenvalue weighted by Gasteiger charge is -2.25. The van der Waals surface area contributed by atoms with E-state index in [1.54, 1.807) is 0 Å². The Bertz CT molecular complexity index is 999. The molecule has 28 heavy (non-hydrogen) atoms. The highest BCUT2D eigenvalue weighted by atomic mass is 16.5. The second-order valence-electron chi connectivity index (χ2n) is 7.33. The van der Waals surface area contributed by atoms with Crippen molar-refractivity contribution in [3.63, 3.8) is 0 Å². The van der Waals surface area contributed by atoms with Gasteiger partial charge in [-0.3, -0.25) is 4.79 Å². The summed E-state index contributed by atoms with van der Waals surface area (Å²) in [5.41, 5.74) is 2.83. The first-order valence-electron chi connectivity index (χ1n) is 9.62. The van der Waals surface area contributed by atoms with Crippen LogP contribution in [0.5, 0.6) is 5.75 Å². The standard InChI is InChI=1S/C22H22N4O2/c27-22(24-17-10-16-8-4-5-9-20(16)28-14-17)19-13-26-12-18(23-11-21(26)25-19)15-6-2-1-3-7-15/h1-9,13,17-18,23H,10-12,14H2,(H,24,27). The maximum absolute atomic E-state index is 12.7. The van der Waals surface area contributed by atoms with Crippen molar-refractivity contribution in [2.24, 2.45) is 0 Å². The molecule has 3 heterocycles. The predicted molar refractivity (Wildman–Crippen MR) is 105 cm³/mol. The number of rotatable bonds is 3. The molecule has 1 amide bonds. The van der Waals surface area contributed by atoms with Crippen molar-refractivity contribution in [2.75, 3.05) is 6.61 Å². The Morgan fingerprint density at radius 2 is 1.96 bits per heavy atom. The van der Waals surface area contributed by atoms with Crippen LogP contribution in [0.25, 0.3) is 0 Å². The maximum Gasteiger partial charge on any atom is 0.271 e. The summed E-state index contributed by atoms with van der Waals surface area (Å²) in [6.07, 6.45) is 2.63. The quantitative estimate of drug-likeness (QED) is 0.739. The Morgan fingerprint density at radius 1 is 1.14 bits per heavy atom. The second kappa shape index (κ2) is 7.13. The van der Waals surface area contributed by atoms with Gasteiger partial charge in [0.15, 0.2) is 0 Å². The van der Waals surface area contributed by atoms with E-state index < -0.39 is 0 Å². The molecule has 0 saturated carbocycles. The average Bonchev–Trinajstić information content (AvgIpc) is 3.18. The van der Waals surface area contributed by atoms with E-state index in [4.69, 9.17) is 4.74 Å². The molecule has 0 radical (unpaired) electrons. The number of hydrogen-bond acceptors (Lipinski definition) is 4. The van der Waals surface area contributed by atoms with E-state index in [-0.39, 0.29) is 18.0 Å². The Morgan fingerprint density at radius 3 is 2.86 bits per heavy atom. The molecule has 0 bridgehead atoms. The van der Waals surface area contributed by atoms with Crippen LogP contribution in [0.1, 0.15) is 33.5 Å². The van der Waals surface area contributed by atoms with Crippen LogP contribution < -0.4 is 15.4 Å². The Hall–Kier alpha value is -3.12. The highest BCUT2D eigenvalue weighted by molar-refractivity contribution is 5.92. The zero-order valence-electron chi connectivity index (χ0n) is 15.5. The summed E-state index contributed by atoms with van der Waals surface area (Å²) < 4.78 is 7.85. The van der Waals surface area contributed by atoms with Crippen molar-refractivity contribution in [2.45, 2.75) is 31.6 Å². The van der Waals surface area contributed by atoms with E-state index >= 15 is 0 Å². The third-order valence-electron chi connectivity index (χ3n) is 5.39. The summed E-state index contributed by atoms with van der Waals surface area (Å²) in [5.74, 6) is 1.65. The van der Waals surface area contributed by atoms with Crippen LogP contribution >= 0.6 is 0 Å². The van der Waals surface area contributed by atoms with E-state index in [0.717, 1.165) is 30.1 Å². The van der Waals surface area contributed by atoms with Crippen molar-refractivity contribution < 1.29 is 9.53 Å². The number of fused-ring (bicyclic) bond motifs is 2. The van der Waals surface area contributed by atoms with Crippen molar-refractivity contribution in [1.29, 1.82) is 0 Å². The summed E-state index contributed by atoms with van der Waals surface area (Å²) in [7, 11) is 0. The zero-order chi connectivity index (χ0) is 18.9. The molecule has 2 N–H and O–H groups in total. The Labute approximate surface area is 163 Å². The molecule has 2 atom stereocenters. The zero-order valence-corrected chi connectivity index (χ0v) is 15.5. The summed E-state index contributed by atoms with van der Waals surface area (Å²) in [5, 5.41) is 6.57. The molecule has 0 fully saturated rings. The predicted octanol–water partition coefficient (Wildman–Crippen LogP) is 2.46. The van der Waals surface area contributed by atoms with Crippen LogP contribution in [0.4, 0.5) is 0 Å². The lowest BCUT2D eigenvalue weighted by Crippen LogP contribution is -2.42. The van der Waals surface area contributed by atoms with Gasteiger partial charge in [-0.15, -0.1) is 0 Å². The van der Waals surface area contributed by atoms with Crippen LogP contribution in [0, 0.1) is 0 Å². The SMILES string of the molecule is O=C(NC1COc2ccccc2C1)c1cn2c(n1)CNC(c1ccccc1)C2. The van der Waals surface area contributed by atoms with Crippen molar-refractivity contribution >= 4 is 5.91 Å². The van der Waals surface area contributed by atoms with Crippen LogP contribution in [-0.4, -0.2) is 28.1 Å². The number of amides is 1.